The van der Waals surface area contributed by atoms with E-state index in [1.165, 1.54) is 19.5 Å². The number of nitrogens with zero attached hydrogens (tertiary/aromatic N) is 1. The van der Waals surface area contributed by atoms with Crippen molar-refractivity contribution in [3.8, 4) is 11.1 Å². The van der Waals surface area contributed by atoms with E-state index >= 15 is 0 Å². The molecule has 0 unspecified atom stereocenters. The van der Waals surface area contributed by atoms with E-state index in [1.54, 1.807) is 0 Å². The van der Waals surface area contributed by atoms with Gasteiger partial charge in [0.05, 0.1) is 18.2 Å². The highest BCUT2D eigenvalue weighted by Gasteiger charge is 2.23. The molecule has 0 atom stereocenters. The van der Waals surface area contributed by atoms with Crippen molar-refractivity contribution in [2.24, 2.45) is 0 Å². The standard InChI is InChI=1S/C16H15NO4/c1-9-5-4-6-10(2)13(9)14-11(15(18)19)7-17-8-12(14)16(20)21-3/h4-8H,1-3H3,(H,18,19). The molecule has 5 heteroatoms. The Kier molecular flexibility index (Phi) is 4.03. The van der Waals surface area contributed by atoms with E-state index in [1.807, 2.05) is 32.0 Å². The molecule has 0 aliphatic rings. The van der Waals surface area contributed by atoms with Gasteiger partial charge in [-0.25, -0.2) is 9.59 Å². The van der Waals surface area contributed by atoms with Crippen molar-refractivity contribution in [1.29, 1.82) is 0 Å². The first kappa shape index (κ1) is 14.7. The van der Waals surface area contributed by atoms with Crippen LogP contribution in [0.4, 0.5) is 0 Å². The molecule has 1 heterocycles. The summed E-state index contributed by atoms with van der Waals surface area (Å²) in [6.07, 6.45) is 2.58. The van der Waals surface area contributed by atoms with Gasteiger partial charge in [0.25, 0.3) is 0 Å². The number of hydrogen-bond donors (Lipinski definition) is 1. The van der Waals surface area contributed by atoms with Crippen LogP contribution in [0.2, 0.25) is 0 Å². The first-order valence-corrected chi connectivity index (χ1v) is 6.33. The van der Waals surface area contributed by atoms with Crippen LogP contribution in [0.3, 0.4) is 0 Å². The van der Waals surface area contributed by atoms with Crippen molar-refractivity contribution in [1.82, 2.24) is 4.98 Å². The fourth-order valence-corrected chi connectivity index (χ4v) is 2.37. The van der Waals surface area contributed by atoms with Gasteiger partial charge in [0.15, 0.2) is 0 Å². The van der Waals surface area contributed by atoms with E-state index in [9.17, 15) is 14.7 Å². The van der Waals surface area contributed by atoms with Gasteiger partial charge < -0.3 is 9.84 Å². The third kappa shape index (κ3) is 2.63. The summed E-state index contributed by atoms with van der Waals surface area (Å²) in [5, 5.41) is 9.40. The third-order valence-corrected chi connectivity index (χ3v) is 3.31. The van der Waals surface area contributed by atoms with Crippen LogP contribution in [0.1, 0.15) is 31.8 Å². The molecular formula is C16H15NO4. The normalized spacial score (nSPS) is 10.2. The van der Waals surface area contributed by atoms with Crippen LogP contribution in [0.15, 0.2) is 30.6 Å². The Hall–Kier alpha value is -2.69. The molecule has 108 valence electrons. The number of ether oxygens (including phenoxy) is 1. The van der Waals surface area contributed by atoms with Crippen LogP contribution in [0, 0.1) is 13.8 Å². The average Bonchev–Trinajstić information content (AvgIpc) is 2.46. The molecular weight excluding hydrogens is 270 g/mol. The smallest absolute Gasteiger partial charge is 0.340 e. The number of pyridine rings is 1. The number of aryl methyl sites for hydroxylation is 2. The second-order valence-electron chi connectivity index (χ2n) is 4.67. The second-order valence-corrected chi connectivity index (χ2v) is 4.67. The maximum absolute atomic E-state index is 11.9. The number of hydrogen-bond acceptors (Lipinski definition) is 4. The van der Waals surface area contributed by atoms with Crippen LogP contribution in [0.5, 0.6) is 0 Å². The minimum Gasteiger partial charge on any atom is -0.478 e. The number of methoxy groups -OCH3 is 1. The van der Waals surface area contributed by atoms with Gasteiger partial charge in [-0.1, -0.05) is 18.2 Å². The van der Waals surface area contributed by atoms with E-state index in [2.05, 4.69) is 4.98 Å². The molecule has 21 heavy (non-hydrogen) atoms. The van der Waals surface area contributed by atoms with E-state index in [0.717, 1.165) is 16.7 Å². The van der Waals surface area contributed by atoms with Crippen molar-refractivity contribution < 1.29 is 19.4 Å². The molecule has 0 bridgehead atoms. The SMILES string of the molecule is COC(=O)c1cncc(C(=O)O)c1-c1c(C)cccc1C. The van der Waals surface area contributed by atoms with Crippen LogP contribution in [0.25, 0.3) is 11.1 Å². The summed E-state index contributed by atoms with van der Waals surface area (Å²) in [6.45, 7) is 3.74. The Balaban J connectivity index is 2.88. The lowest BCUT2D eigenvalue weighted by Crippen LogP contribution is -2.11. The van der Waals surface area contributed by atoms with Gasteiger partial charge in [-0.15, -0.1) is 0 Å². The molecule has 1 aromatic carbocycles. The average molecular weight is 285 g/mol. The number of esters is 1. The van der Waals surface area contributed by atoms with Gasteiger partial charge in [0.1, 0.15) is 0 Å². The highest BCUT2D eigenvalue weighted by Crippen LogP contribution is 2.33. The summed E-state index contributed by atoms with van der Waals surface area (Å²) in [5.41, 5.74) is 2.96. The Morgan fingerprint density at radius 1 is 1.05 bits per heavy atom. The zero-order valence-corrected chi connectivity index (χ0v) is 12.0. The molecule has 1 N–H and O–H groups in total. The third-order valence-electron chi connectivity index (χ3n) is 3.31. The minimum absolute atomic E-state index is 0.0182. The van der Waals surface area contributed by atoms with Gasteiger partial charge >= 0.3 is 11.9 Å². The zero-order chi connectivity index (χ0) is 15.6. The molecule has 0 amide bonds. The number of carbonyl (C=O) groups is 2. The maximum atomic E-state index is 11.9. The van der Waals surface area contributed by atoms with Crippen LogP contribution in [-0.2, 0) is 4.74 Å². The number of carboxylic acid groups (broad SMARTS) is 1. The highest BCUT2D eigenvalue weighted by molar-refractivity contribution is 6.05. The van der Waals surface area contributed by atoms with E-state index in [-0.39, 0.29) is 11.1 Å². The summed E-state index contributed by atoms with van der Waals surface area (Å²) < 4.78 is 4.74. The molecule has 1 aromatic heterocycles. The van der Waals surface area contributed by atoms with Crippen molar-refractivity contribution >= 4 is 11.9 Å². The Morgan fingerprint density at radius 2 is 1.62 bits per heavy atom. The molecule has 0 fully saturated rings. The summed E-state index contributed by atoms with van der Waals surface area (Å²) in [7, 11) is 1.25. The van der Waals surface area contributed by atoms with E-state index in [0.29, 0.717) is 5.56 Å². The van der Waals surface area contributed by atoms with Gasteiger partial charge in [0.2, 0.25) is 0 Å². The van der Waals surface area contributed by atoms with E-state index < -0.39 is 11.9 Å². The first-order chi connectivity index (χ1) is 9.97. The topological polar surface area (TPSA) is 76.5 Å². The molecule has 0 aliphatic carbocycles. The fraction of sp³-hybridized carbons (Fsp3) is 0.188. The number of rotatable bonds is 3. The number of benzene rings is 1. The molecule has 5 nitrogen and oxygen atoms in total. The van der Waals surface area contributed by atoms with E-state index in [4.69, 9.17) is 4.74 Å². The monoisotopic (exact) mass is 285 g/mol. The Bertz CT molecular complexity index is 702. The summed E-state index contributed by atoms with van der Waals surface area (Å²) in [5.74, 6) is -1.74. The molecule has 0 saturated carbocycles. The van der Waals surface area contributed by atoms with Crippen LogP contribution in [-0.4, -0.2) is 29.1 Å². The first-order valence-electron chi connectivity index (χ1n) is 6.33. The molecule has 0 aliphatic heterocycles. The van der Waals surface area contributed by atoms with Crippen molar-refractivity contribution in [3.05, 3.63) is 52.8 Å². The Labute approximate surface area is 122 Å². The fourth-order valence-electron chi connectivity index (χ4n) is 2.37. The minimum atomic E-state index is -1.13. The van der Waals surface area contributed by atoms with Crippen molar-refractivity contribution in [3.63, 3.8) is 0 Å². The number of aromatic carboxylic acids is 1. The lowest BCUT2D eigenvalue weighted by atomic mass is 9.90. The van der Waals surface area contributed by atoms with Gasteiger partial charge in [-0.05, 0) is 30.5 Å². The summed E-state index contributed by atoms with van der Waals surface area (Å²) in [6, 6.07) is 5.62. The predicted molar refractivity (Wildman–Crippen MR) is 77.4 cm³/mol. The lowest BCUT2D eigenvalue weighted by Gasteiger charge is -2.15. The molecule has 0 saturated heterocycles. The molecule has 2 aromatic rings. The van der Waals surface area contributed by atoms with Gasteiger partial charge in [-0.3, -0.25) is 4.98 Å². The van der Waals surface area contributed by atoms with Gasteiger partial charge in [0, 0.05) is 18.0 Å². The highest BCUT2D eigenvalue weighted by atomic mass is 16.5. The molecule has 2 rings (SSSR count). The number of carboxylic acids is 1. The van der Waals surface area contributed by atoms with Crippen molar-refractivity contribution in [2.75, 3.05) is 7.11 Å². The summed E-state index contributed by atoms with van der Waals surface area (Å²) >= 11 is 0. The Morgan fingerprint density at radius 3 is 2.14 bits per heavy atom. The largest absolute Gasteiger partial charge is 0.478 e. The second kappa shape index (κ2) is 5.75. The molecule has 0 spiro atoms. The lowest BCUT2D eigenvalue weighted by molar-refractivity contribution is 0.0601. The van der Waals surface area contributed by atoms with Crippen LogP contribution < -0.4 is 0 Å². The zero-order valence-electron chi connectivity index (χ0n) is 12.0. The number of aromatic nitrogens is 1. The summed E-state index contributed by atoms with van der Waals surface area (Å²) in [4.78, 5) is 27.3. The molecule has 0 radical (unpaired) electrons. The number of carbonyl (C=O) groups excluding carboxylic acids is 1. The van der Waals surface area contributed by atoms with Gasteiger partial charge in [-0.2, -0.15) is 0 Å². The maximum Gasteiger partial charge on any atom is 0.340 e. The quantitative estimate of drug-likeness (QED) is 0.877. The predicted octanol–water partition coefficient (Wildman–Crippen LogP) is 2.85. The van der Waals surface area contributed by atoms with Crippen molar-refractivity contribution in [2.45, 2.75) is 13.8 Å². The van der Waals surface area contributed by atoms with Crippen LogP contribution >= 0.6 is 0 Å².